The Morgan fingerprint density at radius 1 is 0.581 bits per heavy atom. The van der Waals surface area contributed by atoms with E-state index in [1.54, 1.807) is 3.57 Å². The average molecular weight is 517 g/mol. The van der Waals surface area contributed by atoms with E-state index in [1.165, 1.54) is 42.5 Å². The van der Waals surface area contributed by atoms with Crippen LogP contribution in [0.25, 0.3) is 11.1 Å². The second-order valence-corrected chi connectivity index (χ2v) is 11.8. The number of hydrogen-bond acceptors (Lipinski definition) is 0. The highest BCUT2D eigenvalue weighted by Gasteiger charge is 2.28. The molecule has 0 nitrogen and oxygen atoms in total. The summed E-state index contributed by atoms with van der Waals surface area (Å²) in [6.45, 7) is 11.4. The van der Waals surface area contributed by atoms with Crippen molar-refractivity contribution in [2.24, 2.45) is 0 Å². The summed E-state index contributed by atoms with van der Waals surface area (Å²) in [4.78, 5) is 0. The van der Waals surface area contributed by atoms with Crippen LogP contribution in [-0.4, -0.2) is 0 Å². The van der Waals surface area contributed by atoms with Crippen LogP contribution in [0.3, 0.4) is 0 Å². The second kappa shape index (κ2) is 9.00. The van der Waals surface area contributed by atoms with Crippen LogP contribution in [0.4, 0.5) is 0 Å². The fourth-order valence-corrected chi connectivity index (χ4v) is 7.01. The molecule has 0 aliphatic carbocycles. The first-order valence-corrected chi connectivity index (χ1v) is 13.0. The molecule has 156 valence electrons. The molecular weight excluding hydrogens is 487 g/mol. The zero-order valence-electron chi connectivity index (χ0n) is 19.0. The molecule has 0 heterocycles. The molecule has 0 N–H and O–H groups in total. The Bertz CT molecular complexity index is 1160. The Labute approximate surface area is 197 Å². The molecule has 0 aliphatic heterocycles. The largest absolute Gasteiger partial charge is 0.358 e. The monoisotopic (exact) mass is 517 g/mol. The molecular formula is C30H30I+. The number of aryl methyl sites for hydroxylation is 3. The van der Waals surface area contributed by atoms with Crippen LogP contribution in [0.5, 0.6) is 0 Å². The van der Waals surface area contributed by atoms with Crippen LogP contribution in [0.15, 0.2) is 91.0 Å². The first-order valence-electron chi connectivity index (χ1n) is 10.8. The van der Waals surface area contributed by atoms with Crippen LogP contribution < -0.4 is 21.2 Å². The maximum Gasteiger partial charge on any atom is 0.358 e. The fourth-order valence-electron chi connectivity index (χ4n) is 4.24. The molecule has 0 saturated heterocycles. The summed E-state index contributed by atoms with van der Waals surface area (Å²) >= 11 is -0.271. The lowest BCUT2D eigenvalue weighted by molar-refractivity contribution is -0.598. The van der Waals surface area contributed by atoms with Crippen molar-refractivity contribution in [3.8, 4) is 11.1 Å². The zero-order chi connectivity index (χ0) is 22.0. The molecule has 0 spiro atoms. The molecule has 0 fully saturated rings. The van der Waals surface area contributed by atoms with Crippen LogP contribution in [0.1, 0.15) is 41.7 Å². The summed E-state index contributed by atoms with van der Waals surface area (Å²) < 4.78 is 3.03. The predicted octanol–water partition coefficient (Wildman–Crippen LogP) is 4.73. The van der Waals surface area contributed by atoms with Gasteiger partial charge in [0.05, 0.1) is 0 Å². The Kier molecular flexibility index (Phi) is 6.34. The van der Waals surface area contributed by atoms with Crippen molar-refractivity contribution in [2.45, 2.75) is 40.0 Å². The van der Waals surface area contributed by atoms with Gasteiger partial charge in [0.1, 0.15) is 0 Å². The second-order valence-electron chi connectivity index (χ2n) is 8.89. The maximum absolute atomic E-state index is 2.46. The Morgan fingerprint density at radius 2 is 1.16 bits per heavy atom. The van der Waals surface area contributed by atoms with E-state index in [9.17, 15) is 0 Å². The predicted molar refractivity (Wildman–Crippen MR) is 128 cm³/mol. The van der Waals surface area contributed by atoms with Gasteiger partial charge in [-0.1, -0.05) is 92.2 Å². The molecule has 0 saturated carbocycles. The number of rotatable bonds is 5. The van der Waals surface area contributed by atoms with E-state index in [2.05, 4.69) is 126 Å². The molecule has 0 aliphatic rings. The third-order valence-corrected chi connectivity index (χ3v) is 9.49. The topological polar surface area (TPSA) is 0 Å². The van der Waals surface area contributed by atoms with Gasteiger partial charge in [0, 0.05) is 16.5 Å². The van der Waals surface area contributed by atoms with Crippen molar-refractivity contribution in [1.82, 2.24) is 0 Å². The first-order chi connectivity index (χ1) is 14.8. The van der Waals surface area contributed by atoms with Crippen molar-refractivity contribution >= 4 is 0 Å². The summed E-state index contributed by atoms with van der Waals surface area (Å²) in [6.07, 6.45) is 0. The maximum atomic E-state index is 2.46. The lowest BCUT2D eigenvalue weighted by Gasteiger charge is -2.26. The minimum atomic E-state index is -0.271. The summed E-state index contributed by atoms with van der Waals surface area (Å²) in [7, 11) is 0. The zero-order valence-corrected chi connectivity index (χ0v) is 21.2. The first kappa shape index (κ1) is 21.8. The number of hydrogen-bond donors (Lipinski definition) is 0. The van der Waals surface area contributed by atoms with Gasteiger partial charge in [0.2, 0.25) is 0 Å². The van der Waals surface area contributed by atoms with E-state index >= 15 is 0 Å². The highest BCUT2D eigenvalue weighted by atomic mass is 127. The van der Waals surface area contributed by atoms with E-state index in [0.717, 1.165) is 0 Å². The van der Waals surface area contributed by atoms with Gasteiger partial charge < -0.3 is 0 Å². The highest BCUT2D eigenvalue weighted by Crippen LogP contribution is 2.33. The summed E-state index contributed by atoms with van der Waals surface area (Å²) in [5.74, 6) is 0. The fraction of sp³-hybridized carbons (Fsp3) is 0.200. The third kappa shape index (κ3) is 4.77. The van der Waals surface area contributed by atoms with E-state index in [-0.39, 0.29) is 26.6 Å². The van der Waals surface area contributed by atoms with Crippen molar-refractivity contribution < 1.29 is 21.2 Å². The number of benzene rings is 4. The minimum absolute atomic E-state index is 0.0537. The Hall–Kier alpha value is -2.39. The summed E-state index contributed by atoms with van der Waals surface area (Å²) in [5.41, 5.74) is 9.51. The number of halogens is 1. The smallest absolute Gasteiger partial charge is 0.0622 e. The third-order valence-electron chi connectivity index (χ3n) is 6.01. The lowest BCUT2D eigenvalue weighted by atomic mass is 9.77. The molecule has 1 heteroatoms. The summed E-state index contributed by atoms with van der Waals surface area (Å²) in [6, 6.07) is 33.6. The van der Waals surface area contributed by atoms with Gasteiger partial charge >= 0.3 is 21.2 Å². The molecule has 0 amide bonds. The van der Waals surface area contributed by atoms with Gasteiger partial charge in [-0.15, -0.1) is 0 Å². The average Bonchev–Trinajstić information content (AvgIpc) is 2.77. The van der Waals surface area contributed by atoms with Gasteiger partial charge in [0.15, 0.2) is 7.14 Å². The normalized spacial score (nSPS) is 11.5. The molecule has 0 aromatic heterocycles. The van der Waals surface area contributed by atoms with Crippen molar-refractivity contribution in [2.75, 3.05) is 0 Å². The van der Waals surface area contributed by atoms with E-state index in [0.29, 0.717) is 0 Å². The summed E-state index contributed by atoms with van der Waals surface area (Å²) in [5, 5.41) is 0. The van der Waals surface area contributed by atoms with Crippen LogP contribution in [0.2, 0.25) is 0 Å². The van der Waals surface area contributed by atoms with Gasteiger partial charge in [0.25, 0.3) is 0 Å². The minimum Gasteiger partial charge on any atom is -0.0622 e. The molecule has 4 aromatic carbocycles. The van der Waals surface area contributed by atoms with Crippen LogP contribution in [0, 0.1) is 27.9 Å². The standard InChI is InChI=1S/C30H30I/c1-21-16-22(2)29(23(3)17-21)31-28-19-25(24-12-8-6-9-13-24)18-27(20-28)30(4,5)26-14-10-7-11-15-26/h6-20H,1-5H3/q+1. The van der Waals surface area contributed by atoms with Crippen molar-refractivity contribution in [1.29, 1.82) is 0 Å². The Balaban J connectivity index is 1.85. The quantitative estimate of drug-likeness (QED) is 0.336. The van der Waals surface area contributed by atoms with Crippen LogP contribution >= 0.6 is 0 Å². The van der Waals surface area contributed by atoms with Crippen molar-refractivity contribution in [3.63, 3.8) is 0 Å². The molecule has 0 bridgehead atoms. The van der Waals surface area contributed by atoms with Gasteiger partial charge in [-0.3, -0.25) is 0 Å². The van der Waals surface area contributed by atoms with E-state index < -0.39 is 0 Å². The van der Waals surface area contributed by atoms with E-state index in [1.807, 2.05) is 0 Å². The van der Waals surface area contributed by atoms with Crippen molar-refractivity contribution in [3.05, 3.63) is 126 Å². The molecule has 31 heavy (non-hydrogen) atoms. The molecule has 0 atom stereocenters. The van der Waals surface area contributed by atoms with Gasteiger partial charge in [-0.2, -0.15) is 0 Å². The van der Waals surface area contributed by atoms with Gasteiger partial charge in [-0.05, 0) is 61.2 Å². The Morgan fingerprint density at radius 3 is 1.77 bits per heavy atom. The SMILES string of the molecule is Cc1cc(C)c([I+]c2cc(-c3ccccc3)cc(C(C)(C)c3ccccc3)c2)c(C)c1. The molecule has 4 aromatic rings. The lowest BCUT2D eigenvalue weighted by Crippen LogP contribution is -3.62. The molecule has 0 unspecified atom stereocenters. The van der Waals surface area contributed by atoms with Gasteiger partial charge in [-0.25, -0.2) is 0 Å². The molecule has 4 rings (SSSR count). The molecule has 0 radical (unpaired) electrons. The highest BCUT2D eigenvalue weighted by molar-refractivity contribution is 5.64. The van der Waals surface area contributed by atoms with Crippen LogP contribution in [-0.2, 0) is 5.41 Å². The van der Waals surface area contributed by atoms with E-state index in [4.69, 9.17) is 0 Å².